The van der Waals surface area contributed by atoms with Gasteiger partial charge in [-0.3, -0.25) is 0 Å². The van der Waals surface area contributed by atoms with Crippen LogP contribution in [0.2, 0.25) is 0 Å². The van der Waals surface area contributed by atoms with E-state index >= 15 is 0 Å². The molecule has 0 aromatic rings. The van der Waals surface area contributed by atoms with Crippen molar-refractivity contribution in [3.63, 3.8) is 0 Å². The summed E-state index contributed by atoms with van der Waals surface area (Å²) in [6.45, 7) is 7.60. The minimum absolute atomic E-state index is 0.0709. The first-order valence-electron chi connectivity index (χ1n) is 8.49. The molecule has 0 aromatic carbocycles. The van der Waals surface area contributed by atoms with Crippen molar-refractivity contribution in [2.45, 2.75) is 102 Å². The molecule has 2 unspecified atom stereocenters. The summed E-state index contributed by atoms with van der Waals surface area (Å²) in [5, 5.41) is 0. The standard InChI is InChI=1S/C17H32O2/c1-4-7-8-9-10-15-11-12-17(19-15)13-16(5-2,6-3)18-14-17/h15H,4-14H2,1-3H3. The van der Waals surface area contributed by atoms with Crippen molar-refractivity contribution < 1.29 is 9.47 Å². The predicted molar refractivity (Wildman–Crippen MR) is 79.5 cm³/mol. The van der Waals surface area contributed by atoms with Crippen LogP contribution in [0.3, 0.4) is 0 Å². The Hall–Kier alpha value is -0.0800. The monoisotopic (exact) mass is 268 g/mol. The average molecular weight is 268 g/mol. The van der Waals surface area contributed by atoms with Crippen molar-refractivity contribution in [2.24, 2.45) is 0 Å². The lowest BCUT2D eigenvalue weighted by Crippen LogP contribution is -2.33. The number of hydrogen-bond acceptors (Lipinski definition) is 2. The van der Waals surface area contributed by atoms with Gasteiger partial charge in [0, 0.05) is 6.42 Å². The Bertz CT molecular complexity index is 272. The fourth-order valence-electron chi connectivity index (χ4n) is 3.81. The lowest BCUT2D eigenvalue weighted by Gasteiger charge is -2.27. The highest BCUT2D eigenvalue weighted by Gasteiger charge is 2.51. The van der Waals surface area contributed by atoms with Crippen LogP contribution >= 0.6 is 0 Å². The first-order chi connectivity index (χ1) is 9.17. The van der Waals surface area contributed by atoms with Crippen LogP contribution in [-0.4, -0.2) is 23.9 Å². The SMILES string of the molecule is CCCCCCC1CCC2(COC(CC)(CC)C2)O1. The molecule has 1 spiro atoms. The maximum Gasteiger partial charge on any atom is 0.0947 e. The molecular formula is C17H32O2. The maximum absolute atomic E-state index is 6.42. The molecule has 2 nitrogen and oxygen atoms in total. The molecule has 0 N–H and O–H groups in total. The van der Waals surface area contributed by atoms with Crippen LogP contribution in [0.15, 0.2) is 0 Å². The molecule has 2 saturated heterocycles. The Morgan fingerprint density at radius 2 is 1.84 bits per heavy atom. The van der Waals surface area contributed by atoms with Crippen molar-refractivity contribution in [3.8, 4) is 0 Å². The second kappa shape index (κ2) is 6.58. The summed E-state index contributed by atoms with van der Waals surface area (Å²) >= 11 is 0. The highest BCUT2D eigenvalue weighted by atomic mass is 16.6. The Morgan fingerprint density at radius 1 is 1.05 bits per heavy atom. The van der Waals surface area contributed by atoms with Crippen LogP contribution in [0, 0.1) is 0 Å². The summed E-state index contributed by atoms with van der Waals surface area (Å²) in [5.74, 6) is 0. The molecule has 0 amide bonds. The molecule has 0 bridgehead atoms. The van der Waals surface area contributed by atoms with E-state index in [0.29, 0.717) is 6.10 Å². The third-order valence-corrected chi connectivity index (χ3v) is 5.29. The van der Waals surface area contributed by atoms with E-state index in [2.05, 4.69) is 20.8 Å². The van der Waals surface area contributed by atoms with Crippen molar-refractivity contribution in [3.05, 3.63) is 0 Å². The lowest BCUT2D eigenvalue weighted by molar-refractivity contribution is -0.0513. The van der Waals surface area contributed by atoms with Gasteiger partial charge in [-0.2, -0.15) is 0 Å². The summed E-state index contributed by atoms with van der Waals surface area (Å²) in [7, 11) is 0. The molecule has 2 aliphatic rings. The molecule has 0 radical (unpaired) electrons. The van der Waals surface area contributed by atoms with Crippen molar-refractivity contribution in [2.75, 3.05) is 6.61 Å². The van der Waals surface area contributed by atoms with E-state index in [-0.39, 0.29) is 11.2 Å². The summed E-state index contributed by atoms with van der Waals surface area (Å²) in [6.07, 6.45) is 13.0. The molecule has 112 valence electrons. The molecule has 2 heterocycles. The van der Waals surface area contributed by atoms with E-state index in [1.165, 1.54) is 44.9 Å². The van der Waals surface area contributed by atoms with E-state index in [0.717, 1.165) is 25.9 Å². The van der Waals surface area contributed by atoms with Crippen LogP contribution in [-0.2, 0) is 9.47 Å². The van der Waals surface area contributed by atoms with Crippen molar-refractivity contribution in [1.82, 2.24) is 0 Å². The maximum atomic E-state index is 6.42. The summed E-state index contributed by atoms with van der Waals surface area (Å²) in [4.78, 5) is 0. The van der Waals surface area contributed by atoms with Crippen LogP contribution in [0.5, 0.6) is 0 Å². The molecule has 0 saturated carbocycles. The van der Waals surface area contributed by atoms with E-state index < -0.39 is 0 Å². The largest absolute Gasteiger partial charge is 0.372 e. The van der Waals surface area contributed by atoms with Gasteiger partial charge in [0.1, 0.15) is 0 Å². The number of hydrogen-bond donors (Lipinski definition) is 0. The van der Waals surface area contributed by atoms with Gasteiger partial charge in [0.05, 0.1) is 23.9 Å². The van der Waals surface area contributed by atoms with E-state index in [1.807, 2.05) is 0 Å². The molecule has 2 heteroatoms. The van der Waals surface area contributed by atoms with Crippen LogP contribution in [0.4, 0.5) is 0 Å². The zero-order valence-electron chi connectivity index (χ0n) is 13.2. The molecule has 2 atom stereocenters. The average Bonchev–Trinajstić information content (AvgIpc) is 3.01. The Kier molecular flexibility index (Phi) is 5.30. The first-order valence-corrected chi connectivity index (χ1v) is 8.49. The third-order valence-electron chi connectivity index (χ3n) is 5.29. The molecule has 2 fully saturated rings. The normalized spacial score (nSPS) is 33.3. The molecule has 0 aliphatic carbocycles. The second-order valence-corrected chi connectivity index (χ2v) is 6.67. The van der Waals surface area contributed by atoms with Gasteiger partial charge in [0.2, 0.25) is 0 Å². The predicted octanol–water partition coefficient (Wildman–Crippen LogP) is 4.85. The smallest absolute Gasteiger partial charge is 0.0947 e. The molecule has 0 aromatic heterocycles. The minimum atomic E-state index is 0.0709. The summed E-state index contributed by atoms with van der Waals surface area (Å²) in [6, 6.07) is 0. The Labute approximate surface area is 119 Å². The minimum Gasteiger partial charge on any atom is -0.372 e. The van der Waals surface area contributed by atoms with E-state index in [9.17, 15) is 0 Å². The third kappa shape index (κ3) is 3.52. The highest BCUT2D eigenvalue weighted by molar-refractivity contribution is 5.01. The van der Waals surface area contributed by atoms with Crippen LogP contribution in [0.25, 0.3) is 0 Å². The number of ether oxygens (including phenoxy) is 2. The Morgan fingerprint density at radius 3 is 2.47 bits per heavy atom. The molecule has 2 rings (SSSR count). The van der Waals surface area contributed by atoms with Gasteiger partial charge in [0.15, 0.2) is 0 Å². The van der Waals surface area contributed by atoms with Gasteiger partial charge in [-0.05, 0) is 32.1 Å². The van der Waals surface area contributed by atoms with Gasteiger partial charge < -0.3 is 9.47 Å². The quantitative estimate of drug-likeness (QED) is 0.614. The van der Waals surface area contributed by atoms with Gasteiger partial charge in [0.25, 0.3) is 0 Å². The number of unbranched alkanes of at least 4 members (excludes halogenated alkanes) is 3. The fraction of sp³-hybridized carbons (Fsp3) is 1.00. The van der Waals surface area contributed by atoms with Crippen molar-refractivity contribution >= 4 is 0 Å². The van der Waals surface area contributed by atoms with Gasteiger partial charge in [-0.1, -0.05) is 46.5 Å². The van der Waals surface area contributed by atoms with Gasteiger partial charge >= 0.3 is 0 Å². The number of rotatable bonds is 7. The second-order valence-electron chi connectivity index (χ2n) is 6.67. The highest BCUT2D eigenvalue weighted by Crippen LogP contribution is 2.47. The van der Waals surface area contributed by atoms with E-state index in [4.69, 9.17) is 9.47 Å². The Balaban J connectivity index is 1.78. The van der Waals surface area contributed by atoms with Crippen molar-refractivity contribution in [1.29, 1.82) is 0 Å². The molecule has 2 aliphatic heterocycles. The molecule has 19 heavy (non-hydrogen) atoms. The summed E-state index contributed by atoms with van der Waals surface area (Å²) in [5.41, 5.74) is 0.179. The first kappa shape index (κ1) is 15.3. The zero-order chi connectivity index (χ0) is 13.8. The van der Waals surface area contributed by atoms with Gasteiger partial charge in [-0.25, -0.2) is 0 Å². The van der Waals surface area contributed by atoms with Crippen LogP contribution < -0.4 is 0 Å². The van der Waals surface area contributed by atoms with Crippen LogP contribution in [0.1, 0.15) is 85.0 Å². The topological polar surface area (TPSA) is 18.5 Å². The summed E-state index contributed by atoms with van der Waals surface area (Å²) < 4.78 is 12.6. The van der Waals surface area contributed by atoms with E-state index in [1.54, 1.807) is 0 Å². The molecular weight excluding hydrogens is 236 g/mol. The fourth-order valence-corrected chi connectivity index (χ4v) is 3.81. The lowest BCUT2D eigenvalue weighted by atomic mass is 9.85. The van der Waals surface area contributed by atoms with Gasteiger partial charge in [-0.15, -0.1) is 0 Å². The zero-order valence-corrected chi connectivity index (χ0v) is 13.2.